The molecule has 1 aliphatic rings. The van der Waals surface area contributed by atoms with Crippen LogP contribution in [0.5, 0.6) is 0 Å². The lowest BCUT2D eigenvalue weighted by Gasteiger charge is -2.23. The molecular formula is C22H30N4O. The first-order valence-electron chi connectivity index (χ1n) is 9.86. The number of hydrogen-bond donors (Lipinski definition) is 1. The Morgan fingerprint density at radius 3 is 2.37 bits per heavy atom. The van der Waals surface area contributed by atoms with Crippen LogP contribution < -0.4 is 5.32 Å². The van der Waals surface area contributed by atoms with Gasteiger partial charge in [0.1, 0.15) is 17.3 Å². The number of rotatable bonds is 3. The molecule has 144 valence electrons. The van der Waals surface area contributed by atoms with Gasteiger partial charge in [0.15, 0.2) is 0 Å². The van der Waals surface area contributed by atoms with Gasteiger partial charge < -0.3 is 10.2 Å². The monoisotopic (exact) mass is 366 g/mol. The quantitative estimate of drug-likeness (QED) is 0.844. The topological polar surface area (TPSA) is 58.1 Å². The van der Waals surface area contributed by atoms with E-state index < -0.39 is 0 Å². The molecule has 1 aliphatic heterocycles. The first kappa shape index (κ1) is 19.3. The second-order valence-electron chi connectivity index (χ2n) is 8.31. The van der Waals surface area contributed by atoms with Crippen molar-refractivity contribution < 1.29 is 4.79 Å². The zero-order valence-corrected chi connectivity index (χ0v) is 16.9. The second-order valence-corrected chi connectivity index (χ2v) is 8.31. The summed E-state index contributed by atoms with van der Waals surface area (Å²) in [5.74, 6) is 1.28. The maximum Gasteiger partial charge on any atom is 0.272 e. The van der Waals surface area contributed by atoms with Gasteiger partial charge in [-0.2, -0.15) is 0 Å². The molecule has 0 unspecified atom stereocenters. The highest BCUT2D eigenvalue weighted by Crippen LogP contribution is 2.31. The Labute approximate surface area is 162 Å². The van der Waals surface area contributed by atoms with Crippen LogP contribution in [0, 0.1) is 6.92 Å². The fourth-order valence-electron chi connectivity index (χ4n) is 3.56. The first-order chi connectivity index (χ1) is 12.8. The maximum atomic E-state index is 12.9. The van der Waals surface area contributed by atoms with Gasteiger partial charge in [-0.25, -0.2) is 9.97 Å². The van der Waals surface area contributed by atoms with Crippen LogP contribution in [0.25, 0.3) is 0 Å². The molecule has 3 rings (SSSR count). The largest absolute Gasteiger partial charge is 0.340 e. The number of anilines is 2. The van der Waals surface area contributed by atoms with Gasteiger partial charge >= 0.3 is 0 Å². The molecule has 5 heteroatoms. The SMILES string of the molecule is Cc1nc(Nc2ccccc2C(C)(C)C)cc(C(=O)N2CCCCCC2)n1. The minimum absolute atomic E-state index is 0.00885. The van der Waals surface area contributed by atoms with Crippen LogP contribution in [-0.4, -0.2) is 33.9 Å². The number of aromatic nitrogens is 2. The summed E-state index contributed by atoms with van der Waals surface area (Å²) < 4.78 is 0. The number of likely N-dealkylation sites (tertiary alicyclic amines) is 1. The molecule has 2 aromatic rings. The fraction of sp³-hybridized carbons (Fsp3) is 0.500. The average Bonchev–Trinajstić information content (AvgIpc) is 2.89. The number of amides is 1. The van der Waals surface area contributed by atoms with Crippen LogP contribution in [0.1, 0.15) is 68.3 Å². The Morgan fingerprint density at radius 1 is 1.04 bits per heavy atom. The Bertz CT molecular complexity index is 802. The van der Waals surface area contributed by atoms with E-state index in [1.54, 1.807) is 6.07 Å². The lowest BCUT2D eigenvalue weighted by atomic mass is 9.86. The number of aryl methyl sites for hydroxylation is 1. The molecular weight excluding hydrogens is 336 g/mol. The molecule has 0 spiro atoms. The first-order valence-corrected chi connectivity index (χ1v) is 9.86. The summed E-state index contributed by atoms with van der Waals surface area (Å²) in [6.45, 7) is 10.0. The Kier molecular flexibility index (Phi) is 5.78. The van der Waals surface area contributed by atoms with Crippen LogP contribution in [0.15, 0.2) is 30.3 Å². The summed E-state index contributed by atoms with van der Waals surface area (Å²) in [7, 11) is 0. The summed E-state index contributed by atoms with van der Waals surface area (Å²) in [6.07, 6.45) is 4.53. The number of nitrogens with zero attached hydrogens (tertiary/aromatic N) is 3. The van der Waals surface area contributed by atoms with Gasteiger partial charge in [-0.15, -0.1) is 0 Å². The number of benzene rings is 1. The third-order valence-corrected chi connectivity index (χ3v) is 4.95. The Hall–Kier alpha value is -2.43. The third kappa shape index (κ3) is 4.85. The van der Waals surface area contributed by atoms with E-state index in [0.29, 0.717) is 17.3 Å². The molecule has 5 nitrogen and oxygen atoms in total. The molecule has 1 N–H and O–H groups in total. The highest BCUT2D eigenvalue weighted by Gasteiger charge is 2.21. The Balaban J connectivity index is 1.87. The van der Waals surface area contributed by atoms with Crippen molar-refractivity contribution in [2.45, 2.75) is 58.8 Å². The molecule has 0 atom stereocenters. The summed E-state index contributed by atoms with van der Waals surface area (Å²) in [4.78, 5) is 23.8. The van der Waals surface area contributed by atoms with Gasteiger partial charge in [0, 0.05) is 24.8 Å². The molecule has 0 saturated carbocycles. The molecule has 0 bridgehead atoms. The molecule has 1 saturated heterocycles. The van der Waals surface area contributed by atoms with E-state index in [9.17, 15) is 4.79 Å². The van der Waals surface area contributed by atoms with Crippen molar-refractivity contribution in [2.75, 3.05) is 18.4 Å². The lowest BCUT2D eigenvalue weighted by Crippen LogP contribution is -2.32. The third-order valence-electron chi connectivity index (χ3n) is 4.95. The van der Waals surface area contributed by atoms with Gasteiger partial charge in [0.05, 0.1) is 0 Å². The van der Waals surface area contributed by atoms with Crippen LogP contribution in [-0.2, 0) is 5.41 Å². The van der Waals surface area contributed by atoms with E-state index >= 15 is 0 Å². The van der Waals surface area contributed by atoms with Crippen molar-refractivity contribution >= 4 is 17.4 Å². The van der Waals surface area contributed by atoms with Crippen molar-refractivity contribution in [1.29, 1.82) is 0 Å². The van der Waals surface area contributed by atoms with Gasteiger partial charge in [0.25, 0.3) is 5.91 Å². The van der Waals surface area contributed by atoms with Crippen molar-refractivity contribution in [3.8, 4) is 0 Å². The fourth-order valence-corrected chi connectivity index (χ4v) is 3.56. The maximum absolute atomic E-state index is 12.9. The van der Waals surface area contributed by atoms with Crippen LogP contribution in [0.2, 0.25) is 0 Å². The van der Waals surface area contributed by atoms with Gasteiger partial charge in [-0.05, 0) is 36.8 Å². The Morgan fingerprint density at radius 2 is 1.70 bits per heavy atom. The predicted octanol–water partition coefficient (Wildman–Crippen LogP) is 4.84. The van der Waals surface area contributed by atoms with Gasteiger partial charge in [0.2, 0.25) is 0 Å². The molecule has 1 aromatic carbocycles. The van der Waals surface area contributed by atoms with Crippen molar-refractivity contribution in [2.24, 2.45) is 0 Å². The number of carbonyl (C=O) groups is 1. The zero-order valence-electron chi connectivity index (χ0n) is 16.9. The molecule has 2 heterocycles. The molecule has 0 aliphatic carbocycles. The van der Waals surface area contributed by atoms with Crippen molar-refractivity contribution in [3.63, 3.8) is 0 Å². The number of nitrogens with one attached hydrogen (secondary N) is 1. The molecule has 27 heavy (non-hydrogen) atoms. The highest BCUT2D eigenvalue weighted by atomic mass is 16.2. The standard InChI is InChI=1S/C22H30N4O/c1-16-23-19(21(27)26-13-9-5-6-10-14-26)15-20(24-16)25-18-12-8-7-11-17(18)22(2,3)4/h7-8,11-12,15H,5-6,9-10,13-14H2,1-4H3,(H,23,24,25). The highest BCUT2D eigenvalue weighted by molar-refractivity contribution is 5.93. The smallest absolute Gasteiger partial charge is 0.272 e. The van der Waals surface area contributed by atoms with E-state index in [1.807, 2.05) is 30.0 Å². The van der Waals surface area contributed by atoms with Gasteiger partial charge in [-0.3, -0.25) is 4.79 Å². The van der Waals surface area contributed by atoms with E-state index in [2.05, 4.69) is 42.1 Å². The summed E-state index contributed by atoms with van der Waals surface area (Å²) in [6, 6.07) is 10.0. The predicted molar refractivity (Wildman–Crippen MR) is 110 cm³/mol. The van der Waals surface area contributed by atoms with Crippen LogP contribution in [0.4, 0.5) is 11.5 Å². The number of carbonyl (C=O) groups excluding carboxylic acids is 1. The number of para-hydroxylation sites is 1. The van der Waals surface area contributed by atoms with Crippen LogP contribution in [0.3, 0.4) is 0 Å². The molecule has 0 radical (unpaired) electrons. The summed E-state index contributed by atoms with van der Waals surface area (Å²) in [5, 5.41) is 3.41. The van der Waals surface area contributed by atoms with Crippen molar-refractivity contribution in [1.82, 2.24) is 14.9 Å². The molecule has 1 aromatic heterocycles. The van der Waals surface area contributed by atoms with Crippen molar-refractivity contribution in [3.05, 3.63) is 47.4 Å². The van der Waals surface area contributed by atoms with E-state index in [4.69, 9.17) is 0 Å². The van der Waals surface area contributed by atoms with Gasteiger partial charge in [-0.1, -0.05) is 51.8 Å². The normalized spacial score (nSPS) is 15.3. The average molecular weight is 367 g/mol. The van der Waals surface area contributed by atoms with Crippen LogP contribution >= 0.6 is 0 Å². The van der Waals surface area contributed by atoms with E-state index in [0.717, 1.165) is 31.6 Å². The minimum Gasteiger partial charge on any atom is -0.340 e. The minimum atomic E-state index is 0.00885. The zero-order chi connectivity index (χ0) is 19.4. The summed E-state index contributed by atoms with van der Waals surface area (Å²) >= 11 is 0. The lowest BCUT2D eigenvalue weighted by molar-refractivity contribution is 0.0755. The second kappa shape index (κ2) is 8.07. The number of hydrogen-bond acceptors (Lipinski definition) is 4. The summed E-state index contributed by atoms with van der Waals surface area (Å²) in [5.41, 5.74) is 2.70. The van der Waals surface area contributed by atoms with E-state index in [-0.39, 0.29) is 11.3 Å². The van der Waals surface area contributed by atoms with E-state index in [1.165, 1.54) is 18.4 Å². The molecule has 1 fully saturated rings. The molecule has 1 amide bonds.